The molecule has 3 nitrogen and oxygen atoms in total. The number of hydrogen-bond donors (Lipinski definition) is 0. The molecule has 2 aliphatic rings. The summed E-state index contributed by atoms with van der Waals surface area (Å²) in [4.78, 5) is 0. The highest BCUT2D eigenvalue weighted by Crippen LogP contribution is 2.44. The Bertz CT molecular complexity index is 346. The summed E-state index contributed by atoms with van der Waals surface area (Å²) in [5.41, 5.74) is 0. The molecule has 0 aromatic heterocycles. The maximum atomic E-state index is 6.36. The molecule has 2 fully saturated rings. The second kappa shape index (κ2) is 11.6. The minimum Gasteiger partial charge on any atom is -0.378 e. The average Bonchev–Trinajstić information content (AvgIpc) is 2.93. The van der Waals surface area contributed by atoms with Crippen LogP contribution in [0.1, 0.15) is 91.9 Å². The third-order valence-corrected chi connectivity index (χ3v) is 6.32. The summed E-state index contributed by atoms with van der Waals surface area (Å²) in [6.45, 7) is 10.8. The van der Waals surface area contributed by atoms with Crippen molar-refractivity contribution < 1.29 is 14.2 Å². The van der Waals surface area contributed by atoms with E-state index in [9.17, 15) is 0 Å². The molecule has 0 spiro atoms. The van der Waals surface area contributed by atoms with Crippen molar-refractivity contribution in [3.8, 4) is 0 Å². The molecule has 0 aromatic rings. The van der Waals surface area contributed by atoms with E-state index in [1.54, 1.807) is 0 Å². The smallest absolute Gasteiger partial charge is 0.0635 e. The molecule has 1 heterocycles. The van der Waals surface area contributed by atoms with E-state index >= 15 is 0 Å². The van der Waals surface area contributed by atoms with Gasteiger partial charge in [0.1, 0.15) is 0 Å². The lowest BCUT2D eigenvalue weighted by molar-refractivity contribution is -0.0455. The van der Waals surface area contributed by atoms with E-state index in [0.717, 1.165) is 32.0 Å². The average molecular weight is 355 g/mol. The van der Waals surface area contributed by atoms with Crippen LogP contribution in [0.2, 0.25) is 0 Å². The van der Waals surface area contributed by atoms with E-state index in [-0.39, 0.29) is 0 Å². The molecule has 25 heavy (non-hydrogen) atoms. The fourth-order valence-corrected chi connectivity index (χ4v) is 4.66. The summed E-state index contributed by atoms with van der Waals surface area (Å²) in [7, 11) is 0. The fourth-order valence-electron chi connectivity index (χ4n) is 4.66. The molecule has 2 rings (SSSR count). The summed E-state index contributed by atoms with van der Waals surface area (Å²) >= 11 is 0. The van der Waals surface area contributed by atoms with E-state index in [1.807, 2.05) is 0 Å². The minimum atomic E-state index is 0.400. The van der Waals surface area contributed by atoms with Crippen LogP contribution >= 0.6 is 0 Å². The van der Waals surface area contributed by atoms with Crippen LogP contribution in [0.25, 0.3) is 0 Å². The molecular formula is C22H42O3. The van der Waals surface area contributed by atoms with Gasteiger partial charge in [-0.2, -0.15) is 0 Å². The molecular weight excluding hydrogens is 312 g/mol. The highest BCUT2D eigenvalue weighted by atomic mass is 16.5. The standard InChI is InChI=1S/C22H42O3/c1-5-8-14-23-18(7-3)10-12-20-17(4)25-22-16-19(11-13-21(20)22)24-15-9-6-2/h17-22H,5-16H2,1-4H3. The van der Waals surface area contributed by atoms with Crippen molar-refractivity contribution in [2.75, 3.05) is 13.2 Å². The van der Waals surface area contributed by atoms with Crippen molar-refractivity contribution in [2.45, 2.75) is 116 Å². The van der Waals surface area contributed by atoms with Gasteiger partial charge in [0.15, 0.2) is 0 Å². The highest BCUT2D eigenvalue weighted by molar-refractivity contribution is 4.93. The van der Waals surface area contributed by atoms with Crippen LogP contribution in [0.4, 0.5) is 0 Å². The Hall–Kier alpha value is -0.120. The second-order valence-corrected chi connectivity index (χ2v) is 8.20. The van der Waals surface area contributed by atoms with Crippen molar-refractivity contribution in [1.29, 1.82) is 0 Å². The molecule has 1 saturated heterocycles. The lowest BCUT2D eigenvalue weighted by atomic mass is 9.75. The van der Waals surface area contributed by atoms with Gasteiger partial charge in [0.25, 0.3) is 0 Å². The molecule has 148 valence electrons. The van der Waals surface area contributed by atoms with Crippen molar-refractivity contribution in [3.63, 3.8) is 0 Å². The summed E-state index contributed by atoms with van der Waals surface area (Å²) in [5, 5.41) is 0. The number of fused-ring (bicyclic) bond motifs is 1. The molecule has 1 aliphatic heterocycles. The van der Waals surface area contributed by atoms with Gasteiger partial charge in [-0.25, -0.2) is 0 Å². The summed E-state index contributed by atoms with van der Waals surface area (Å²) in [6, 6.07) is 0. The number of ether oxygens (including phenoxy) is 3. The van der Waals surface area contributed by atoms with Gasteiger partial charge < -0.3 is 14.2 Å². The third kappa shape index (κ3) is 6.52. The van der Waals surface area contributed by atoms with Crippen LogP contribution in [-0.4, -0.2) is 37.6 Å². The molecule has 1 saturated carbocycles. The molecule has 0 amide bonds. The van der Waals surface area contributed by atoms with Crippen LogP contribution < -0.4 is 0 Å². The predicted molar refractivity (Wildman–Crippen MR) is 104 cm³/mol. The first-order chi connectivity index (χ1) is 12.2. The Morgan fingerprint density at radius 3 is 2.52 bits per heavy atom. The first-order valence-corrected chi connectivity index (χ1v) is 11.1. The van der Waals surface area contributed by atoms with Crippen LogP contribution in [0, 0.1) is 11.8 Å². The normalized spacial score (nSPS) is 33.4. The van der Waals surface area contributed by atoms with E-state index < -0.39 is 0 Å². The maximum Gasteiger partial charge on any atom is 0.0635 e. The van der Waals surface area contributed by atoms with Gasteiger partial charge in [0.05, 0.1) is 24.4 Å². The van der Waals surface area contributed by atoms with Crippen LogP contribution in [-0.2, 0) is 14.2 Å². The van der Waals surface area contributed by atoms with Gasteiger partial charge in [-0.1, -0.05) is 33.6 Å². The van der Waals surface area contributed by atoms with E-state index in [0.29, 0.717) is 30.3 Å². The van der Waals surface area contributed by atoms with E-state index in [2.05, 4.69) is 27.7 Å². The Labute approximate surface area is 156 Å². The fraction of sp³-hybridized carbons (Fsp3) is 1.00. The highest BCUT2D eigenvalue weighted by Gasteiger charge is 2.45. The Morgan fingerprint density at radius 1 is 1.04 bits per heavy atom. The largest absolute Gasteiger partial charge is 0.378 e. The van der Waals surface area contributed by atoms with Crippen molar-refractivity contribution >= 4 is 0 Å². The van der Waals surface area contributed by atoms with Crippen molar-refractivity contribution in [2.24, 2.45) is 11.8 Å². The second-order valence-electron chi connectivity index (χ2n) is 8.20. The molecule has 0 N–H and O–H groups in total. The molecule has 3 heteroatoms. The maximum absolute atomic E-state index is 6.36. The number of rotatable bonds is 12. The van der Waals surface area contributed by atoms with Crippen molar-refractivity contribution in [1.82, 2.24) is 0 Å². The SMILES string of the molecule is CCCCOC(CC)CCC1C(C)OC2CC(OCCCC)CCC21. The number of hydrogen-bond acceptors (Lipinski definition) is 3. The summed E-state index contributed by atoms with van der Waals surface area (Å²) in [6.07, 6.45) is 13.7. The third-order valence-electron chi connectivity index (χ3n) is 6.32. The first kappa shape index (κ1) is 21.2. The summed E-state index contributed by atoms with van der Waals surface area (Å²) in [5.74, 6) is 1.46. The lowest BCUT2D eigenvalue weighted by Crippen LogP contribution is -2.33. The van der Waals surface area contributed by atoms with Crippen molar-refractivity contribution in [3.05, 3.63) is 0 Å². The monoisotopic (exact) mass is 354 g/mol. The zero-order valence-electron chi connectivity index (χ0n) is 17.2. The molecule has 1 aliphatic carbocycles. The summed E-state index contributed by atoms with van der Waals surface area (Å²) < 4.78 is 18.5. The molecule has 6 unspecified atom stereocenters. The van der Waals surface area contributed by atoms with Gasteiger partial charge in [-0.15, -0.1) is 0 Å². The lowest BCUT2D eigenvalue weighted by Gasteiger charge is -2.33. The van der Waals surface area contributed by atoms with E-state index in [4.69, 9.17) is 14.2 Å². The van der Waals surface area contributed by atoms with Gasteiger partial charge in [-0.05, 0) is 63.7 Å². The van der Waals surface area contributed by atoms with E-state index in [1.165, 1.54) is 51.4 Å². The zero-order chi connectivity index (χ0) is 18.1. The van der Waals surface area contributed by atoms with Crippen LogP contribution in [0.5, 0.6) is 0 Å². The topological polar surface area (TPSA) is 27.7 Å². The molecule has 6 atom stereocenters. The van der Waals surface area contributed by atoms with Gasteiger partial charge in [0.2, 0.25) is 0 Å². The van der Waals surface area contributed by atoms with Crippen LogP contribution in [0.3, 0.4) is 0 Å². The molecule has 0 aromatic carbocycles. The number of unbranched alkanes of at least 4 members (excludes halogenated alkanes) is 2. The van der Waals surface area contributed by atoms with Gasteiger partial charge in [-0.3, -0.25) is 0 Å². The zero-order valence-corrected chi connectivity index (χ0v) is 17.2. The van der Waals surface area contributed by atoms with Gasteiger partial charge >= 0.3 is 0 Å². The molecule has 0 bridgehead atoms. The Morgan fingerprint density at radius 2 is 1.80 bits per heavy atom. The Kier molecular flexibility index (Phi) is 9.80. The predicted octanol–water partition coefficient (Wildman–Crippen LogP) is 5.75. The minimum absolute atomic E-state index is 0.400. The molecule has 0 radical (unpaired) electrons. The quantitative estimate of drug-likeness (QED) is 0.418. The van der Waals surface area contributed by atoms with Gasteiger partial charge in [0, 0.05) is 19.6 Å². The first-order valence-electron chi connectivity index (χ1n) is 11.1. The Balaban J connectivity index is 1.75. The van der Waals surface area contributed by atoms with Crippen LogP contribution in [0.15, 0.2) is 0 Å².